The summed E-state index contributed by atoms with van der Waals surface area (Å²) in [6.07, 6.45) is 5.92. The maximum Gasteiger partial charge on any atom is 0.0610 e. The van der Waals surface area contributed by atoms with Gasteiger partial charge < -0.3 is 19.6 Å². The normalized spacial score (nSPS) is 11.3. The molecule has 0 fully saturated rings. The lowest BCUT2D eigenvalue weighted by molar-refractivity contribution is 0.277. The highest BCUT2D eigenvalue weighted by Gasteiger charge is 2.20. The van der Waals surface area contributed by atoms with Gasteiger partial charge in [0.05, 0.1) is 22.9 Å². The van der Waals surface area contributed by atoms with Gasteiger partial charge in [0.2, 0.25) is 0 Å². The first-order valence-corrected chi connectivity index (χ1v) is 7.57. The van der Waals surface area contributed by atoms with E-state index in [9.17, 15) is 5.11 Å². The van der Waals surface area contributed by atoms with Crippen molar-refractivity contribution in [2.75, 3.05) is 6.61 Å². The van der Waals surface area contributed by atoms with E-state index in [1.54, 1.807) is 0 Å². The zero-order chi connectivity index (χ0) is 13.1. The average Bonchev–Trinajstić information content (AvgIpc) is 3.14. The Labute approximate surface area is 112 Å². The molecular weight excluding hydrogens is 257 g/mol. The van der Waals surface area contributed by atoms with E-state index in [0.29, 0.717) is 6.54 Å². The number of hydrogen-bond donors (Lipinski definition) is 3. The van der Waals surface area contributed by atoms with Gasteiger partial charge in [0.1, 0.15) is 0 Å². The third kappa shape index (κ3) is 2.37. The molecular formula is C14H16N3OP. The number of aliphatic hydroxyl groups excluding tert-OH is 1. The summed E-state index contributed by atoms with van der Waals surface area (Å²) < 4.78 is 2.12. The monoisotopic (exact) mass is 273 g/mol. The number of hydrogen-bond acceptors (Lipinski definition) is 1. The smallest absolute Gasteiger partial charge is 0.0610 e. The molecule has 0 aliphatic rings. The van der Waals surface area contributed by atoms with Crippen LogP contribution in [0.25, 0.3) is 0 Å². The minimum atomic E-state index is -0.626. The second-order valence-electron chi connectivity index (χ2n) is 4.23. The Hall–Kier alpha value is -1.77. The van der Waals surface area contributed by atoms with Crippen LogP contribution in [0.2, 0.25) is 0 Å². The van der Waals surface area contributed by atoms with Crippen molar-refractivity contribution in [2.45, 2.75) is 6.54 Å². The second kappa shape index (κ2) is 5.47. The first-order valence-electron chi connectivity index (χ1n) is 6.23. The summed E-state index contributed by atoms with van der Waals surface area (Å²) in [6.45, 7) is 0.781. The van der Waals surface area contributed by atoms with E-state index in [2.05, 4.69) is 32.7 Å². The molecule has 5 heteroatoms. The molecule has 0 spiro atoms. The van der Waals surface area contributed by atoms with E-state index in [-0.39, 0.29) is 6.61 Å². The van der Waals surface area contributed by atoms with E-state index in [1.807, 2.05) is 36.8 Å². The van der Waals surface area contributed by atoms with E-state index in [4.69, 9.17) is 0 Å². The lowest BCUT2D eigenvalue weighted by Crippen LogP contribution is -2.27. The Balaban J connectivity index is 2.07. The molecule has 0 saturated heterocycles. The predicted molar refractivity (Wildman–Crippen MR) is 78.9 cm³/mol. The first kappa shape index (κ1) is 12.3. The molecule has 0 saturated carbocycles. The van der Waals surface area contributed by atoms with Crippen LogP contribution < -0.4 is 16.3 Å². The van der Waals surface area contributed by atoms with Crippen LogP contribution >= 0.6 is 7.92 Å². The summed E-state index contributed by atoms with van der Waals surface area (Å²) >= 11 is 0. The van der Waals surface area contributed by atoms with Crippen molar-refractivity contribution in [1.82, 2.24) is 14.5 Å². The van der Waals surface area contributed by atoms with Gasteiger partial charge in [-0.05, 0) is 36.4 Å². The molecule has 0 aliphatic carbocycles. The molecule has 0 radical (unpaired) electrons. The van der Waals surface area contributed by atoms with Gasteiger partial charge in [-0.25, -0.2) is 0 Å². The van der Waals surface area contributed by atoms with E-state index in [1.165, 1.54) is 16.3 Å². The van der Waals surface area contributed by atoms with Crippen molar-refractivity contribution in [2.24, 2.45) is 0 Å². The summed E-state index contributed by atoms with van der Waals surface area (Å²) in [6, 6.07) is 12.4. The van der Waals surface area contributed by atoms with Crippen molar-refractivity contribution in [3.63, 3.8) is 0 Å². The Morgan fingerprint density at radius 3 is 2.21 bits per heavy atom. The molecule has 98 valence electrons. The van der Waals surface area contributed by atoms with E-state index in [0.717, 1.165) is 0 Å². The fourth-order valence-electron chi connectivity index (χ4n) is 2.20. The zero-order valence-electron chi connectivity index (χ0n) is 10.5. The van der Waals surface area contributed by atoms with Gasteiger partial charge in [-0.3, -0.25) is 0 Å². The number of aliphatic hydroxyl groups is 1. The lowest BCUT2D eigenvalue weighted by atomic mass is 10.7. The summed E-state index contributed by atoms with van der Waals surface area (Å²) in [5.41, 5.74) is 3.64. The van der Waals surface area contributed by atoms with Crippen molar-refractivity contribution < 1.29 is 5.11 Å². The molecule has 3 N–H and O–H groups in total. The van der Waals surface area contributed by atoms with Gasteiger partial charge in [0.15, 0.2) is 0 Å². The molecule has 0 bridgehead atoms. The molecule has 0 atom stereocenters. The Kier molecular flexibility index (Phi) is 3.53. The highest BCUT2D eigenvalue weighted by Crippen LogP contribution is 2.31. The number of nitrogens with one attached hydrogen (secondary N) is 2. The van der Waals surface area contributed by atoms with Crippen LogP contribution in [-0.2, 0) is 6.54 Å². The standard InChI is InChI=1S/C14H16N3OP/c18-11-10-17-9-3-6-14(17)19(12-4-1-7-15-12)13-5-2-8-16-13/h1-9,15-16,18H,10-11H2. The Bertz CT molecular complexity index is 579. The number of rotatable bonds is 5. The Morgan fingerprint density at radius 1 is 1.00 bits per heavy atom. The molecule has 3 aromatic rings. The lowest BCUT2D eigenvalue weighted by Gasteiger charge is -2.17. The fraction of sp³-hybridized carbons (Fsp3) is 0.143. The van der Waals surface area contributed by atoms with Crippen LogP contribution in [0.15, 0.2) is 55.0 Å². The first-order chi connectivity index (χ1) is 9.40. The third-order valence-electron chi connectivity index (χ3n) is 3.02. The summed E-state index contributed by atoms with van der Waals surface area (Å²) in [4.78, 5) is 6.63. The number of H-pyrrole nitrogens is 2. The van der Waals surface area contributed by atoms with Crippen LogP contribution in [0, 0.1) is 0 Å². The molecule has 0 aromatic carbocycles. The minimum Gasteiger partial charge on any atom is -0.395 e. The number of nitrogens with zero attached hydrogens (tertiary/aromatic N) is 1. The largest absolute Gasteiger partial charge is 0.395 e. The average molecular weight is 273 g/mol. The van der Waals surface area contributed by atoms with Crippen molar-refractivity contribution in [1.29, 1.82) is 0 Å². The predicted octanol–water partition coefficient (Wildman–Crippen LogP) is 0.895. The van der Waals surface area contributed by atoms with Crippen molar-refractivity contribution >= 4 is 24.2 Å². The van der Waals surface area contributed by atoms with Gasteiger partial charge in [-0.15, -0.1) is 0 Å². The van der Waals surface area contributed by atoms with Crippen LogP contribution in [0.4, 0.5) is 0 Å². The summed E-state index contributed by atoms with van der Waals surface area (Å²) in [5, 5.41) is 9.18. The highest BCUT2D eigenvalue weighted by molar-refractivity contribution is 7.79. The molecule has 0 aliphatic heterocycles. The summed E-state index contributed by atoms with van der Waals surface area (Å²) in [5.74, 6) is 0. The number of aromatic nitrogens is 3. The van der Waals surface area contributed by atoms with Gasteiger partial charge in [-0.2, -0.15) is 0 Å². The van der Waals surface area contributed by atoms with Crippen molar-refractivity contribution in [3.05, 3.63) is 55.0 Å². The van der Waals surface area contributed by atoms with Crippen LogP contribution in [0.1, 0.15) is 0 Å². The fourth-order valence-corrected chi connectivity index (χ4v) is 4.49. The Morgan fingerprint density at radius 2 is 1.68 bits per heavy atom. The molecule has 3 rings (SSSR count). The molecule has 0 amide bonds. The quantitative estimate of drug-likeness (QED) is 0.594. The third-order valence-corrected chi connectivity index (χ3v) is 5.40. The van der Waals surface area contributed by atoms with E-state index < -0.39 is 7.92 Å². The van der Waals surface area contributed by atoms with Gasteiger partial charge in [0, 0.05) is 33.1 Å². The molecule has 19 heavy (non-hydrogen) atoms. The summed E-state index contributed by atoms with van der Waals surface area (Å²) in [7, 11) is -0.626. The topological polar surface area (TPSA) is 56.7 Å². The van der Waals surface area contributed by atoms with Crippen LogP contribution in [0.5, 0.6) is 0 Å². The molecule has 0 unspecified atom stereocenters. The van der Waals surface area contributed by atoms with Gasteiger partial charge in [0.25, 0.3) is 0 Å². The van der Waals surface area contributed by atoms with Crippen molar-refractivity contribution in [3.8, 4) is 0 Å². The van der Waals surface area contributed by atoms with E-state index >= 15 is 0 Å². The minimum absolute atomic E-state index is 0.153. The number of aromatic amines is 2. The van der Waals surface area contributed by atoms with Gasteiger partial charge >= 0.3 is 0 Å². The second-order valence-corrected chi connectivity index (χ2v) is 6.32. The van der Waals surface area contributed by atoms with Crippen LogP contribution in [-0.4, -0.2) is 26.2 Å². The van der Waals surface area contributed by atoms with Gasteiger partial charge in [-0.1, -0.05) is 0 Å². The molecule has 3 heterocycles. The van der Waals surface area contributed by atoms with Crippen LogP contribution in [0.3, 0.4) is 0 Å². The zero-order valence-corrected chi connectivity index (χ0v) is 11.3. The maximum absolute atomic E-state index is 9.18. The molecule has 4 nitrogen and oxygen atoms in total. The highest BCUT2D eigenvalue weighted by atomic mass is 31.1. The molecule has 3 aromatic heterocycles. The SMILES string of the molecule is OCCn1cccc1P(c1ccc[nH]1)c1ccc[nH]1. The maximum atomic E-state index is 9.18.